The number of benzene rings is 1. The molecule has 1 aliphatic heterocycles. The average Bonchev–Trinajstić information content (AvgIpc) is 3.22. The first-order valence-electron chi connectivity index (χ1n) is 8.61. The van der Waals surface area contributed by atoms with Crippen molar-refractivity contribution in [3.63, 3.8) is 0 Å². The zero-order valence-corrected chi connectivity index (χ0v) is 14.3. The molecule has 0 atom stereocenters. The largest absolute Gasteiger partial charge is 0.448 e. The van der Waals surface area contributed by atoms with Crippen molar-refractivity contribution in [1.82, 2.24) is 4.57 Å². The van der Waals surface area contributed by atoms with Crippen LogP contribution in [0.3, 0.4) is 0 Å². The summed E-state index contributed by atoms with van der Waals surface area (Å²) in [5.41, 5.74) is -0.257. The Kier molecular flexibility index (Phi) is 4.06. The van der Waals surface area contributed by atoms with E-state index in [0.29, 0.717) is 17.2 Å². The Balaban J connectivity index is 1.46. The van der Waals surface area contributed by atoms with Crippen molar-refractivity contribution in [2.24, 2.45) is 0 Å². The molecule has 1 spiro atoms. The number of rotatable bonds is 4. The highest BCUT2D eigenvalue weighted by Gasteiger charge is 2.44. The van der Waals surface area contributed by atoms with Crippen molar-refractivity contribution >= 4 is 17.3 Å². The number of ether oxygens (including phenoxy) is 2. The Morgan fingerprint density at radius 1 is 1.19 bits per heavy atom. The minimum absolute atomic E-state index is 0.257. The van der Waals surface area contributed by atoms with Crippen LogP contribution in [0, 0.1) is 10.1 Å². The third-order valence-corrected chi connectivity index (χ3v) is 4.68. The monoisotopic (exact) mass is 371 g/mol. The molecule has 2 aromatic rings. The molecule has 1 N–H and O–H groups in total. The number of nitrogens with one attached hydrogen (secondary N) is 1. The summed E-state index contributed by atoms with van der Waals surface area (Å²) in [6.45, 7) is -0.334. The van der Waals surface area contributed by atoms with Crippen molar-refractivity contribution in [3.05, 3.63) is 57.0 Å². The predicted molar refractivity (Wildman–Crippen MR) is 94.9 cm³/mol. The van der Waals surface area contributed by atoms with Crippen LogP contribution in [0.4, 0.5) is 11.4 Å². The number of amides is 1. The van der Waals surface area contributed by atoms with Crippen LogP contribution in [0.2, 0.25) is 0 Å². The summed E-state index contributed by atoms with van der Waals surface area (Å²) in [7, 11) is 0. The third kappa shape index (κ3) is 3.35. The van der Waals surface area contributed by atoms with Gasteiger partial charge in [-0.05, 0) is 25.0 Å². The fourth-order valence-electron chi connectivity index (χ4n) is 3.39. The molecule has 0 saturated heterocycles. The SMILES string of the molecule is O=C(Cn1cc([N+](=O)[O-])ccc1=O)Nc1ccc2c(c1)OC1(CCCC1)O2. The van der Waals surface area contributed by atoms with E-state index in [4.69, 9.17) is 9.47 Å². The van der Waals surface area contributed by atoms with Gasteiger partial charge in [0.25, 0.3) is 17.0 Å². The second-order valence-corrected chi connectivity index (χ2v) is 6.64. The fourth-order valence-corrected chi connectivity index (χ4v) is 3.39. The molecule has 0 unspecified atom stereocenters. The van der Waals surface area contributed by atoms with Crippen molar-refractivity contribution in [2.75, 3.05) is 5.32 Å². The molecule has 2 aliphatic rings. The van der Waals surface area contributed by atoms with E-state index in [-0.39, 0.29) is 12.2 Å². The van der Waals surface area contributed by atoms with Crippen LogP contribution in [-0.4, -0.2) is 21.2 Å². The van der Waals surface area contributed by atoms with Crippen LogP contribution in [0.5, 0.6) is 11.5 Å². The van der Waals surface area contributed by atoms with Gasteiger partial charge in [0, 0.05) is 36.7 Å². The van der Waals surface area contributed by atoms with E-state index in [1.54, 1.807) is 18.2 Å². The molecule has 1 aliphatic carbocycles. The maximum Gasteiger partial charge on any atom is 0.285 e. The summed E-state index contributed by atoms with van der Waals surface area (Å²) in [5.74, 6) is 0.153. The number of nitro groups is 1. The predicted octanol–water partition coefficient (Wildman–Crippen LogP) is 2.44. The van der Waals surface area contributed by atoms with Crippen molar-refractivity contribution in [1.29, 1.82) is 0 Å². The number of fused-ring (bicyclic) bond motifs is 1. The smallest absolute Gasteiger partial charge is 0.285 e. The third-order valence-electron chi connectivity index (χ3n) is 4.68. The van der Waals surface area contributed by atoms with Gasteiger partial charge in [-0.15, -0.1) is 0 Å². The summed E-state index contributed by atoms with van der Waals surface area (Å²) in [6, 6.07) is 7.26. The molecular weight excluding hydrogens is 354 g/mol. The number of nitrogens with zero attached hydrogens (tertiary/aromatic N) is 2. The van der Waals surface area contributed by atoms with Gasteiger partial charge >= 0.3 is 0 Å². The van der Waals surface area contributed by atoms with Crippen LogP contribution in [0.1, 0.15) is 25.7 Å². The van der Waals surface area contributed by atoms with E-state index in [1.165, 1.54) is 0 Å². The quantitative estimate of drug-likeness (QED) is 0.652. The van der Waals surface area contributed by atoms with E-state index >= 15 is 0 Å². The van der Waals surface area contributed by atoms with Crippen LogP contribution in [0.25, 0.3) is 0 Å². The molecule has 1 aromatic carbocycles. The molecule has 2 heterocycles. The van der Waals surface area contributed by atoms with Gasteiger partial charge in [-0.2, -0.15) is 0 Å². The molecular formula is C18H17N3O6. The maximum absolute atomic E-state index is 12.3. The lowest BCUT2D eigenvalue weighted by Gasteiger charge is -2.21. The summed E-state index contributed by atoms with van der Waals surface area (Å²) in [4.78, 5) is 34.3. The topological polar surface area (TPSA) is 113 Å². The summed E-state index contributed by atoms with van der Waals surface area (Å²) < 4.78 is 12.9. The van der Waals surface area contributed by atoms with E-state index in [1.807, 2.05) is 0 Å². The molecule has 1 amide bonds. The minimum Gasteiger partial charge on any atom is -0.448 e. The van der Waals surface area contributed by atoms with Crippen LogP contribution < -0.4 is 20.3 Å². The molecule has 1 saturated carbocycles. The molecule has 1 fully saturated rings. The van der Waals surface area contributed by atoms with Crippen molar-refractivity contribution in [2.45, 2.75) is 38.0 Å². The zero-order chi connectivity index (χ0) is 19.0. The van der Waals surface area contributed by atoms with Gasteiger partial charge in [-0.1, -0.05) is 0 Å². The summed E-state index contributed by atoms with van der Waals surface area (Å²) in [5, 5.41) is 13.5. The van der Waals surface area contributed by atoms with E-state index in [9.17, 15) is 19.7 Å². The molecule has 9 nitrogen and oxygen atoms in total. The van der Waals surface area contributed by atoms with Gasteiger partial charge in [0.05, 0.1) is 11.1 Å². The Bertz CT molecular complexity index is 977. The van der Waals surface area contributed by atoms with Gasteiger partial charge in [-0.3, -0.25) is 24.3 Å². The van der Waals surface area contributed by atoms with Crippen LogP contribution in [0.15, 0.2) is 41.3 Å². The second kappa shape index (κ2) is 6.42. The number of pyridine rings is 1. The standard InChI is InChI=1S/C18H17N3O6/c22-16(11-20-10-13(21(24)25)4-6-17(20)23)19-12-3-5-14-15(9-12)27-18(26-14)7-1-2-8-18/h3-6,9-10H,1-2,7-8,11H2,(H,19,22). The van der Waals surface area contributed by atoms with Gasteiger partial charge in [0.15, 0.2) is 11.5 Å². The molecule has 1 aromatic heterocycles. The van der Waals surface area contributed by atoms with Gasteiger partial charge in [0.1, 0.15) is 6.54 Å². The zero-order valence-electron chi connectivity index (χ0n) is 14.3. The normalized spacial score (nSPS) is 16.4. The van der Waals surface area contributed by atoms with Crippen molar-refractivity contribution < 1.29 is 19.2 Å². The molecule has 4 rings (SSSR count). The van der Waals surface area contributed by atoms with Gasteiger partial charge in [0.2, 0.25) is 5.91 Å². The molecule has 0 bridgehead atoms. The van der Waals surface area contributed by atoms with Crippen LogP contribution in [-0.2, 0) is 11.3 Å². The van der Waals surface area contributed by atoms with E-state index < -0.39 is 22.2 Å². The number of hydrogen-bond donors (Lipinski definition) is 1. The number of carbonyl (C=O) groups is 1. The van der Waals surface area contributed by atoms with E-state index in [0.717, 1.165) is 48.6 Å². The first kappa shape index (κ1) is 17.1. The molecule has 9 heteroatoms. The Morgan fingerprint density at radius 2 is 1.93 bits per heavy atom. The van der Waals surface area contributed by atoms with Crippen molar-refractivity contribution in [3.8, 4) is 11.5 Å². The maximum atomic E-state index is 12.3. The van der Waals surface area contributed by atoms with E-state index in [2.05, 4.69) is 5.32 Å². The second-order valence-electron chi connectivity index (χ2n) is 6.64. The molecule has 140 valence electrons. The summed E-state index contributed by atoms with van der Waals surface area (Å²) >= 11 is 0. The minimum atomic E-state index is -0.620. The highest BCUT2D eigenvalue weighted by molar-refractivity contribution is 5.91. The highest BCUT2D eigenvalue weighted by Crippen LogP contribution is 2.47. The number of hydrogen-bond acceptors (Lipinski definition) is 6. The Labute approximate surface area is 153 Å². The summed E-state index contributed by atoms with van der Waals surface area (Å²) in [6.07, 6.45) is 4.81. The average molecular weight is 371 g/mol. The molecule has 0 radical (unpaired) electrons. The lowest BCUT2D eigenvalue weighted by molar-refractivity contribution is -0.385. The lowest BCUT2D eigenvalue weighted by atomic mass is 10.2. The lowest BCUT2D eigenvalue weighted by Crippen LogP contribution is -2.34. The fraction of sp³-hybridized carbons (Fsp3) is 0.333. The van der Waals surface area contributed by atoms with Gasteiger partial charge in [-0.25, -0.2) is 0 Å². The molecule has 27 heavy (non-hydrogen) atoms. The first-order chi connectivity index (χ1) is 12.9. The number of aromatic nitrogens is 1. The van der Waals surface area contributed by atoms with Gasteiger partial charge < -0.3 is 14.8 Å². The first-order valence-corrected chi connectivity index (χ1v) is 8.61. The Morgan fingerprint density at radius 3 is 2.67 bits per heavy atom. The number of anilines is 1. The number of carbonyl (C=O) groups excluding carboxylic acids is 1. The van der Waals surface area contributed by atoms with Crippen LogP contribution >= 0.6 is 0 Å². The Hall–Kier alpha value is -3.36. The highest BCUT2D eigenvalue weighted by atomic mass is 16.7.